The number of anilines is 1. The van der Waals surface area contributed by atoms with Crippen molar-refractivity contribution >= 4 is 11.7 Å². The normalized spacial score (nSPS) is 10.6. The molecule has 1 heterocycles. The van der Waals surface area contributed by atoms with Crippen LogP contribution < -0.4 is 10.6 Å². The highest BCUT2D eigenvalue weighted by Crippen LogP contribution is 2.23. The number of aryl methyl sites for hydroxylation is 1. The predicted octanol–water partition coefficient (Wildman–Crippen LogP) is 1.36. The van der Waals surface area contributed by atoms with Gasteiger partial charge in [0.15, 0.2) is 5.82 Å². The van der Waals surface area contributed by atoms with E-state index in [-0.39, 0.29) is 5.84 Å². The van der Waals surface area contributed by atoms with E-state index in [2.05, 4.69) is 17.1 Å². The molecule has 1 aromatic heterocycles. The van der Waals surface area contributed by atoms with E-state index in [0.29, 0.717) is 19.0 Å². The second-order valence-corrected chi connectivity index (χ2v) is 4.52. The molecule has 0 aliphatic heterocycles. The predicted molar refractivity (Wildman–Crippen MR) is 81.6 cm³/mol. The summed E-state index contributed by atoms with van der Waals surface area (Å²) in [5.41, 5.74) is 8.46. The zero-order valence-corrected chi connectivity index (χ0v) is 12.9. The summed E-state index contributed by atoms with van der Waals surface area (Å²) in [7, 11) is 1.67. The fraction of sp³-hybridized carbons (Fsp3) is 0.643. The van der Waals surface area contributed by atoms with Crippen LogP contribution in [0.2, 0.25) is 0 Å². The van der Waals surface area contributed by atoms with Gasteiger partial charge in [-0.15, -0.1) is 5.10 Å². The van der Waals surface area contributed by atoms with Gasteiger partial charge in [-0.1, -0.05) is 13.8 Å². The Morgan fingerprint density at radius 1 is 1.25 bits per heavy atom. The van der Waals surface area contributed by atoms with Crippen molar-refractivity contribution < 1.29 is 4.74 Å². The average molecular weight is 279 g/mol. The molecule has 0 aliphatic rings. The molecule has 0 atom stereocenters. The van der Waals surface area contributed by atoms with Crippen LogP contribution >= 0.6 is 0 Å². The number of hydrogen-bond donors (Lipinski definition) is 2. The van der Waals surface area contributed by atoms with Crippen molar-refractivity contribution in [3.05, 3.63) is 16.8 Å². The van der Waals surface area contributed by atoms with Crippen molar-refractivity contribution in [2.45, 2.75) is 33.6 Å². The van der Waals surface area contributed by atoms with Crippen molar-refractivity contribution in [1.82, 2.24) is 10.2 Å². The van der Waals surface area contributed by atoms with Gasteiger partial charge in [0.2, 0.25) is 0 Å². The first-order chi connectivity index (χ1) is 9.60. The molecule has 0 unspecified atom stereocenters. The Balaban J connectivity index is 3.34. The molecule has 1 rings (SSSR count). The summed E-state index contributed by atoms with van der Waals surface area (Å²) in [6.45, 7) is 8.21. The van der Waals surface area contributed by atoms with E-state index >= 15 is 0 Å². The number of ether oxygens (including phenoxy) is 1. The standard InChI is InChI=1S/C14H25N5O/c1-5-10-11(6-2)17-18-14(12(10)13(15)16)19(7-3)8-9-20-4/h5-9H2,1-4H3,(H3,15,16). The number of amidine groups is 1. The first-order valence-corrected chi connectivity index (χ1v) is 7.07. The minimum absolute atomic E-state index is 0.0531. The highest BCUT2D eigenvalue weighted by molar-refractivity contribution is 6.01. The third-order valence-electron chi connectivity index (χ3n) is 3.34. The molecule has 6 heteroatoms. The first kappa shape index (κ1) is 16.4. The monoisotopic (exact) mass is 279 g/mol. The van der Waals surface area contributed by atoms with Gasteiger partial charge in [0.05, 0.1) is 17.9 Å². The third kappa shape index (κ3) is 3.45. The first-order valence-electron chi connectivity index (χ1n) is 7.07. The Morgan fingerprint density at radius 3 is 2.40 bits per heavy atom. The molecule has 6 nitrogen and oxygen atoms in total. The van der Waals surface area contributed by atoms with Gasteiger partial charge in [0.1, 0.15) is 5.84 Å². The molecule has 112 valence electrons. The molecule has 0 aromatic carbocycles. The second kappa shape index (κ2) is 7.79. The summed E-state index contributed by atoms with van der Waals surface area (Å²) in [5, 5.41) is 16.5. The number of methoxy groups -OCH3 is 1. The summed E-state index contributed by atoms with van der Waals surface area (Å²) in [6, 6.07) is 0. The van der Waals surface area contributed by atoms with E-state index in [4.69, 9.17) is 15.9 Å². The molecular weight excluding hydrogens is 254 g/mol. The Morgan fingerprint density at radius 2 is 1.95 bits per heavy atom. The van der Waals surface area contributed by atoms with E-state index in [1.807, 2.05) is 18.7 Å². The molecule has 0 saturated carbocycles. The van der Waals surface area contributed by atoms with Crippen LogP contribution in [0.3, 0.4) is 0 Å². The lowest BCUT2D eigenvalue weighted by molar-refractivity contribution is 0.205. The van der Waals surface area contributed by atoms with Crippen LogP contribution in [0.15, 0.2) is 0 Å². The largest absolute Gasteiger partial charge is 0.384 e. The van der Waals surface area contributed by atoms with Crippen molar-refractivity contribution in [1.29, 1.82) is 5.41 Å². The average Bonchev–Trinajstić information content (AvgIpc) is 2.46. The SMILES string of the molecule is CCc1nnc(N(CC)CCOC)c(C(=N)N)c1CC. The summed E-state index contributed by atoms with van der Waals surface area (Å²) < 4.78 is 5.12. The smallest absolute Gasteiger partial charge is 0.162 e. The number of likely N-dealkylation sites (N-methyl/N-ethyl adjacent to an activating group) is 1. The van der Waals surface area contributed by atoms with Crippen LogP contribution in [-0.2, 0) is 17.6 Å². The van der Waals surface area contributed by atoms with Crippen LogP contribution in [-0.4, -0.2) is 42.8 Å². The minimum atomic E-state index is 0.0531. The maximum Gasteiger partial charge on any atom is 0.162 e. The maximum absolute atomic E-state index is 7.89. The lowest BCUT2D eigenvalue weighted by atomic mass is 10.0. The minimum Gasteiger partial charge on any atom is -0.384 e. The van der Waals surface area contributed by atoms with Crippen LogP contribution in [0.1, 0.15) is 37.6 Å². The van der Waals surface area contributed by atoms with Crippen molar-refractivity contribution in [3.8, 4) is 0 Å². The molecule has 1 aromatic rings. The Hall–Kier alpha value is -1.69. The fourth-order valence-corrected chi connectivity index (χ4v) is 2.28. The Kier molecular flexibility index (Phi) is 6.38. The zero-order valence-electron chi connectivity index (χ0n) is 12.9. The number of nitrogens with zero attached hydrogens (tertiary/aromatic N) is 3. The number of rotatable bonds is 8. The number of nitrogens with two attached hydrogens (primary N) is 1. The van der Waals surface area contributed by atoms with Crippen LogP contribution in [0.4, 0.5) is 5.82 Å². The number of nitrogens with one attached hydrogen (secondary N) is 1. The molecular formula is C14H25N5O. The van der Waals surface area contributed by atoms with Crippen LogP contribution in [0.25, 0.3) is 0 Å². The lowest BCUT2D eigenvalue weighted by Crippen LogP contribution is -2.32. The molecule has 0 radical (unpaired) electrons. The molecule has 0 spiro atoms. The highest BCUT2D eigenvalue weighted by Gasteiger charge is 2.20. The van der Waals surface area contributed by atoms with Crippen LogP contribution in [0, 0.1) is 5.41 Å². The molecule has 0 saturated heterocycles. The summed E-state index contributed by atoms with van der Waals surface area (Å²) >= 11 is 0. The Bertz CT molecular complexity index is 461. The quantitative estimate of drug-likeness (QED) is 0.554. The van der Waals surface area contributed by atoms with Gasteiger partial charge >= 0.3 is 0 Å². The lowest BCUT2D eigenvalue weighted by Gasteiger charge is -2.25. The Labute approximate surface area is 120 Å². The molecule has 0 fully saturated rings. The van der Waals surface area contributed by atoms with E-state index in [0.717, 1.165) is 36.2 Å². The topological polar surface area (TPSA) is 88.1 Å². The van der Waals surface area contributed by atoms with Gasteiger partial charge in [-0.2, -0.15) is 5.10 Å². The van der Waals surface area contributed by atoms with Gasteiger partial charge in [-0.3, -0.25) is 5.41 Å². The molecule has 3 N–H and O–H groups in total. The second-order valence-electron chi connectivity index (χ2n) is 4.52. The van der Waals surface area contributed by atoms with Gasteiger partial charge in [-0.05, 0) is 25.3 Å². The fourth-order valence-electron chi connectivity index (χ4n) is 2.28. The van der Waals surface area contributed by atoms with E-state index in [1.54, 1.807) is 7.11 Å². The van der Waals surface area contributed by atoms with Gasteiger partial charge < -0.3 is 15.4 Å². The summed E-state index contributed by atoms with van der Waals surface area (Å²) in [6.07, 6.45) is 1.59. The van der Waals surface area contributed by atoms with Crippen molar-refractivity contribution in [3.63, 3.8) is 0 Å². The van der Waals surface area contributed by atoms with Crippen molar-refractivity contribution in [2.75, 3.05) is 31.7 Å². The van der Waals surface area contributed by atoms with E-state index < -0.39 is 0 Å². The summed E-state index contributed by atoms with van der Waals surface area (Å²) in [5.74, 6) is 0.739. The van der Waals surface area contributed by atoms with Crippen LogP contribution in [0.5, 0.6) is 0 Å². The number of nitrogen functional groups attached to an aromatic ring is 1. The van der Waals surface area contributed by atoms with Gasteiger partial charge in [0, 0.05) is 20.2 Å². The van der Waals surface area contributed by atoms with E-state index in [1.165, 1.54) is 0 Å². The maximum atomic E-state index is 7.89. The molecule has 0 aliphatic carbocycles. The zero-order chi connectivity index (χ0) is 15.1. The molecule has 20 heavy (non-hydrogen) atoms. The summed E-state index contributed by atoms with van der Waals surface area (Å²) in [4.78, 5) is 2.05. The molecule has 0 amide bonds. The third-order valence-corrected chi connectivity index (χ3v) is 3.34. The molecule has 0 bridgehead atoms. The van der Waals surface area contributed by atoms with Gasteiger partial charge in [-0.25, -0.2) is 0 Å². The van der Waals surface area contributed by atoms with Crippen molar-refractivity contribution in [2.24, 2.45) is 5.73 Å². The number of hydrogen-bond acceptors (Lipinski definition) is 5. The van der Waals surface area contributed by atoms with Gasteiger partial charge in [0.25, 0.3) is 0 Å². The number of aromatic nitrogens is 2. The van der Waals surface area contributed by atoms with E-state index in [9.17, 15) is 0 Å². The highest BCUT2D eigenvalue weighted by atomic mass is 16.5.